The SMILES string of the molecule is c1ccc(-c2cccc(-c3ccc(-c4nc(-c5cccc(-c6cccc(-c7ccccc7)c6)c5)nc5c4c4ccccc4n5-c4ccccc4)cc3)c2)cc1. The lowest BCUT2D eigenvalue weighted by molar-refractivity contribution is 1.11. The zero-order valence-corrected chi connectivity index (χ0v) is 30.0. The van der Waals surface area contributed by atoms with E-state index in [0.717, 1.165) is 61.1 Å². The maximum absolute atomic E-state index is 5.43. The van der Waals surface area contributed by atoms with Gasteiger partial charge in [0.05, 0.1) is 16.6 Å². The summed E-state index contributed by atoms with van der Waals surface area (Å²) in [7, 11) is 0. The molecule has 0 aliphatic heterocycles. The third-order valence-corrected chi connectivity index (χ3v) is 10.4. The Bertz CT molecular complexity index is 2950. The Kier molecular flexibility index (Phi) is 8.16. The highest BCUT2D eigenvalue weighted by atomic mass is 15.1. The Morgan fingerprint density at radius 1 is 0.309 bits per heavy atom. The van der Waals surface area contributed by atoms with Gasteiger partial charge < -0.3 is 0 Å². The van der Waals surface area contributed by atoms with E-state index in [2.05, 4.69) is 217 Å². The predicted molar refractivity (Wildman–Crippen MR) is 229 cm³/mol. The molecular formula is C52H35N3. The molecule has 0 N–H and O–H groups in total. The summed E-state index contributed by atoms with van der Waals surface area (Å²) >= 11 is 0. The molecule has 3 heteroatoms. The molecule has 10 rings (SSSR count). The Hall–Kier alpha value is -7.36. The molecule has 0 saturated heterocycles. The molecule has 0 aliphatic carbocycles. The number of benzene rings is 8. The van der Waals surface area contributed by atoms with Gasteiger partial charge in [0.25, 0.3) is 0 Å². The van der Waals surface area contributed by atoms with Crippen molar-refractivity contribution in [3.63, 3.8) is 0 Å². The van der Waals surface area contributed by atoms with Crippen molar-refractivity contribution in [2.24, 2.45) is 0 Å². The van der Waals surface area contributed by atoms with Gasteiger partial charge in [-0.05, 0) is 80.9 Å². The molecule has 55 heavy (non-hydrogen) atoms. The molecule has 0 atom stereocenters. The quantitative estimate of drug-likeness (QED) is 0.166. The Balaban J connectivity index is 1.14. The van der Waals surface area contributed by atoms with Gasteiger partial charge in [-0.1, -0.05) is 176 Å². The van der Waals surface area contributed by atoms with Crippen LogP contribution in [0.15, 0.2) is 212 Å². The van der Waals surface area contributed by atoms with Crippen LogP contribution in [0.3, 0.4) is 0 Å². The summed E-state index contributed by atoms with van der Waals surface area (Å²) in [6.45, 7) is 0. The summed E-state index contributed by atoms with van der Waals surface area (Å²) in [5.74, 6) is 0.684. The Labute approximate surface area is 320 Å². The van der Waals surface area contributed by atoms with E-state index in [9.17, 15) is 0 Å². The maximum atomic E-state index is 5.43. The molecule has 258 valence electrons. The molecular weight excluding hydrogens is 667 g/mol. The standard InChI is InChI=1S/C52H35N3/c1-4-15-36(16-5-1)40-19-12-21-42(33-40)38-29-31-39(32-30-38)50-49-47-27-10-11-28-48(47)55(46-25-8-3-9-26-46)52(49)54-51(53-50)45-24-14-23-44(35-45)43-22-13-20-41(34-43)37-17-6-2-7-18-37/h1-35H. The van der Waals surface area contributed by atoms with Gasteiger partial charge in [-0.2, -0.15) is 0 Å². The summed E-state index contributed by atoms with van der Waals surface area (Å²) in [6, 6.07) is 75.1. The average Bonchev–Trinajstić information content (AvgIpc) is 3.61. The van der Waals surface area contributed by atoms with Crippen molar-refractivity contribution in [3.8, 4) is 72.8 Å². The van der Waals surface area contributed by atoms with E-state index in [1.807, 2.05) is 0 Å². The number of rotatable bonds is 7. The van der Waals surface area contributed by atoms with E-state index in [0.29, 0.717) is 5.82 Å². The van der Waals surface area contributed by atoms with Crippen LogP contribution >= 0.6 is 0 Å². The lowest BCUT2D eigenvalue weighted by Crippen LogP contribution is -1.99. The molecule has 0 spiro atoms. The maximum Gasteiger partial charge on any atom is 0.162 e. The van der Waals surface area contributed by atoms with Crippen molar-refractivity contribution in [1.82, 2.24) is 14.5 Å². The van der Waals surface area contributed by atoms with E-state index in [1.165, 1.54) is 27.8 Å². The summed E-state index contributed by atoms with van der Waals surface area (Å²) in [5, 5.41) is 2.16. The van der Waals surface area contributed by atoms with Crippen LogP contribution in [-0.4, -0.2) is 14.5 Å². The highest BCUT2D eigenvalue weighted by Crippen LogP contribution is 2.39. The molecule has 8 aromatic carbocycles. The first-order valence-electron chi connectivity index (χ1n) is 18.7. The first-order chi connectivity index (χ1) is 27.3. The van der Waals surface area contributed by atoms with E-state index in [-0.39, 0.29) is 0 Å². The van der Waals surface area contributed by atoms with Gasteiger partial charge in [-0.15, -0.1) is 0 Å². The lowest BCUT2D eigenvalue weighted by Gasteiger charge is -2.12. The topological polar surface area (TPSA) is 30.7 Å². The Morgan fingerprint density at radius 2 is 0.727 bits per heavy atom. The summed E-state index contributed by atoms with van der Waals surface area (Å²) in [6.07, 6.45) is 0. The minimum absolute atomic E-state index is 0.684. The third kappa shape index (κ3) is 6.08. The van der Waals surface area contributed by atoms with Crippen molar-refractivity contribution in [2.75, 3.05) is 0 Å². The molecule has 0 aliphatic rings. The highest BCUT2D eigenvalue weighted by molar-refractivity contribution is 6.14. The number of hydrogen-bond acceptors (Lipinski definition) is 2. The fourth-order valence-corrected chi connectivity index (χ4v) is 7.71. The molecule has 2 heterocycles. The molecule has 0 saturated carbocycles. The smallest absolute Gasteiger partial charge is 0.162 e. The van der Waals surface area contributed by atoms with E-state index in [4.69, 9.17) is 9.97 Å². The van der Waals surface area contributed by atoms with Gasteiger partial charge in [-0.3, -0.25) is 4.57 Å². The molecule has 3 nitrogen and oxygen atoms in total. The lowest BCUT2D eigenvalue weighted by atomic mass is 9.97. The number of nitrogens with zero attached hydrogens (tertiary/aromatic N) is 3. The normalized spacial score (nSPS) is 11.3. The summed E-state index contributed by atoms with van der Waals surface area (Å²) in [5.41, 5.74) is 15.3. The Morgan fingerprint density at radius 3 is 1.31 bits per heavy atom. The fraction of sp³-hybridized carbons (Fsp3) is 0. The van der Waals surface area contributed by atoms with Crippen LogP contribution in [0.4, 0.5) is 0 Å². The minimum atomic E-state index is 0.684. The summed E-state index contributed by atoms with van der Waals surface area (Å²) < 4.78 is 2.27. The minimum Gasteiger partial charge on any atom is -0.294 e. The van der Waals surface area contributed by atoms with E-state index in [1.54, 1.807) is 0 Å². The molecule has 0 amide bonds. The monoisotopic (exact) mass is 701 g/mol. The second kappa shape index (κ2) is 13.9. The van der Waals surface area contributed by atoms with Gasteiger partial charge >= 0.3 is 0 Å². The van der Waals surface area contributed by atoms with Crippen LogP contribution in [0.5, 0.6) is 0 Å². The highest BCUT2D eigenvalue weighted by Gasteiger charge is 2.21. The van der Waals surface area contributed by atoms with Crippen LogP contribution in [0.2, 0.25) is 0 Å². The zero-order chi connectivity index (χ0) is 36.6. The van der Waals surface area contributed by atoms with Crippen molar-refractivity contribution < 1.29 is 0 Å². The number of para-hydroxylation sites is 2. The van der Waals surface area contributed by atoms with E-state index < -0.39 is 0 Å². The van der Waals surface area contributed by atoms with Crippen LogP contribution < -0.4 is 0 Å². The molecule has 0 unspecified atom stereocenters. The molecule has 0 fully saturated rings. The van der Waals surface area contributed by atoms with Crippen LogP contribution in [0.25, 0.3) is 94.8 Å². The van der Waals surface area contributed by atoms with Crippen molar-refractivity contribution in [1.29, 1.82) is 0 Å². The van der Waals surface area contributed by atoms with Gasteiger partial charge in [-0.25, -0.2) is 9.97 Å². The largest absolute Gasteiger partial charge is 0.294 e. The average molecular weight is 702 g/mol. The second-order valence-electron chi connectivity index (χ2n) is 13.8. The summed E-state index contributed by atoms with van der Waals surface area (Å²) in [4.78, 5) is 10.8. The van der Waals surface area contributed by atoms with Crippen LogP contribution in [-0.2, 0) is 0 Å². The molecule has 10 aromatic rings. The molecule has 2 aromatic heterocycles. The van der Waals surface area contributed by atoms with Gasteiger partial charge in [0.15, 0.2) is 5.82 Å². The predicted octanol–water partition coefficient (Wildman–Crippen LogP) is 13.6. The van der Waals surface area contributed by atoms with Crippen molar-refractivity contribution >= 4 is 21.9 Å². The van der Waals surface area contributed by atoms with E-state index >= 15 is 0 Å². The second-order valence-corrected chi connectivity index (χ2v) is 13.8. The molecule has 0 radical (unpaired) electrons. The van der Waals surface area contributed by atoms with Crippen LogP contribution in [0, 0.1) is 0 Å². The fourth-order valence-electron chi connectivity index (χ4n) is 7.71. The molecule has 0 bridgehead atoms. The van der Waals surface area contributed by atoms with Crippen LogP contribution in [0.1, 0.15) is 0 Å². The van der Waals surface area contributed by atoms with Gasteiger partial charge in [0.2, 0.25) is 0 Å². The third-order valence-electron chi connectivity index (χ3n) is 10.4. The van der Waals surface area contributed by atoms with Gasteiger partial charge in [0, 0.05) is 22.2 Å². The van der Waals surface area contributed by atoms with Crippen molar-refractivity contribution in [2.45, 2.75) is 0 Å². The zero-order valence-electron chi connectivity index (χ0n) is 30.0. The van der Waals surface area contributed by atoms with Crippen molar-refractivity contribution in [3.05, 3.63) is 212 Å². The van der Waals surface area contributed by atoms with Gasteiger partial charge in [0.1, 0.15) is 5.65 Å². The number of hydrogen-bond donors (Lipinski definition) is 0. The first kappa shape index (κ1) is 32.3. The first-order valence-corrected chi connectivity index (χ1v) is 18.7. The number of fused-ring (bicyclic) bond motifs is 3. The number of aromatic nitrogens is 3.